The van der Waals surface area contributed by atoms with Gasteiger partial charge in [0.2, 0.25) is 11.8 Å². The maximum absolute atomic E-state index is 12.8. The molecule has 1 unspecified atom stereocenters. The van der Waals surface area contributed by atoms with Crippen LogP contribution in [0.4, 0.5) is 5.88 Å². The third-order valence-electron chi connectivity index (χ3n) is 5.30. The lowest BCUT2D eigenvalue weighted by atomic mass is 9.85. The topological polar surface area (TPSA) is 81.4 Å². The van der Waals surface area contributed by atoms with Gasteiger partial charge in [-0.15, -0.1) is 0 Å². The Labute approximate surface area is 145 Å². The van der Waals surface area contributed by atoms with Crippen molar-refractivity contribution in [3.05, 3.63) is 35.9 Å². The number of anilines is 1. The van der Waals surface area contributed by atoms with Crippen LogP contribution in [0.5, 0.6) is 0 Å². The molecule has 1 aliphatic heterocycles. The molecule has 2 fully saturated rings. The van der Waals surface area contributed by atoms with Gasteiger partial charge in [-0.1, -0.05) is 35.5 Å². The molecule has 1 saturated carbocycles. The molecule has 25 heavy (non-hydrogen) atoms. The summed E-state index contributed by atoms with van der Waals surface area (Å²) in [6, 6.07) is 9.65. The maximum atomic E-state index is 12.8. The number of hydrogen-bond donors (Lipinski definition) is 1. The van der Waals surface area contributed by atoms with Crippen LogP contribution in [-0.2, 0) is 14.3 Å². The van der Waals surface area contributed by atoms with Gasteiger partial charge < -0.3 is 9.26 Å². The van der Waals surface area contributed by atoms with Crippen molar-refractivity contribution in [1.82, 2.24) is 5.16 Å². The molecule has 1 N–H and O–H groups in total. The molecule has 1 aromatic heterocycles. The van der Waals surface area contributed by atoms with Crippen molar-refractivity contribution in [2.75, 3.05) is 5.32 Å². The SMILES string of the molecule is Cc1c(-c2ccccc2)noc1NC(=O)C1CC(=O)OC12CCCC2. The molecule has 0 bridgehead atoms. The molecule has 6 heteroatoms. The van der Waals surface area contributed by atoms with Crippen molar-refractivity contribution >= 4 is 17.8 Å². The molecule has 2 heterocycles. The lowest BCUT2D eigenvalue weighted by Crippen LogP contribution is -2.39. The first kappa shape index (κ1) is 15.9. The van der Waals surface area contributed by atoms with E-state index in [0.717, 1.165) is 36.8 Å². The Bertz CT molecular complexity index is 806. The molecular formula is C19H20N2O4. The number of hydrogen-bond acceptors (Lipinski definition) is 5. The van der Waals surface area contributed by atoms with E-state index in [4.69, 9.17) is 9.26 Å². The Hall–Kier alpha value is -2.63. The zero-order valence-electron chi connectivity index (χ0n) is 14.1. The van der Waals surface area contributed by atoms with Crippen LogP contribution in [0.3, 0.4) is 0 Å². The minimum absolute atomic E-state index is 0.130. The monoisotopic (exact) mass is 340 g/mol. The minimum Gasteiger partial charge on any atom is -0.458 e. The van der Waals surface area contributed by atoms with Crippen molar-refractivity contribution in [3.8, 4) is 11.3 Å². The second kappa shape index (κ2) is 6.02. The molecule has 130 valence electrons. The predicted molar refractivity (Wildman–Crippen MR) is 90.7 cm³/mol. The third kappa shape index (κ3) is 2.71. The molecule has 2 aliphatic rings. The highest BCUT2D eigenvalue weighted by atomic mass is 16.6. The summed E-state index contributed by atoms with van der Waals surface area (Å²) in [5, 5.41) is 6.90. The van der Waals surface area contributed by atoms with Gasteiger partial charge >= 0.3 is 5.97 Å². The number of rotatable bonds is 3. The third-order valence-corrected chi connectivity index (χ3v) is 5.30. The van der Waals surface area contributed by atoms with E-state index in [0.29, 0.717) is 11.6 Å². The van der Waals surface area contributed by atoms with Gasteiger partial charge in [-0.25, -0.2) is 0 Å². The normalized spacial score (nSPS) is 21.5. The summed E-state index contributed by atoms with van der Waals surface area (Å²) in [6.45, 7) is 1.86. The maximum Gasteiger partial charge on any atom is 0.307 e. The number of benzene rings is 1. The molecular weight excluding hydrogens is 320 g/mol. The molecule has 1 atom stereocenters. The van der Waals surface area contributed by atoms with E-state index < -0.39 is 11.5 Å². The number of ether oxygens (including phenoxy) is 1. The number of carbonyl (C=O) groups is 2. The molecule has 1 amide bonds. The number of amides is 1. The summed E-state index contributed by atoms with van der Waals surface area (Å²) in [6.07, 6.45) is 3.60. The van der Waals surface area contributed by atoms with E-state index in [-0.39, 0.29) is 18.3 Å². The largest absolute Gasteiger partial charge is 0.458 e. The Morgan fingerprint density at radius 1 is 1.24 bits per heavy atom. The Morgan fingerprint density at radius 3 is 2.68 bits per heavy atom. The van der Waals surface area contributed by atoms with Crippen molar-refractivity contribution in [2.24, 2.45) is 5.92 Å². The van der Waals surface area contributed by atoms with Crippen molar-refractivity contribution in [1.29, 1.82) is 0 Å². The highest BCUT2D eigenvalue weighted by Crippen LogP contribution is 2.46. The number of nitrogens with one attached hydrogen (secondary N) is 1. The van der Waals surface area contributed by atoms with E-state index in [1.807, 2.05) is 37.3 Å². The lowest BCUT2D eigenvalue weighted by molar-refractivity contribution is -0.149. The first-order chi connectivity index (χ1) is 12.1. The smallest absolute Gasteiger partial charge is 0.307 e. The van der Waals surface area contributed by atoms with E-state index in [2.05, 4.69) is 10.5 Å². The first-order valence-electron chi connectivity index (χ1n) is 8.63. The molecule has 1 aliphatic carbocycles. The first-order valence-corrected chi connectivity index (χ1v) is 8.63. The molecule has 6 nitrogen and oxygen atoms in total. The van der Waals surface area contributed by atoms with Gasteiger partial charge in [0.1, 0.15) is 11.3 Å². The summed E-state index contributed by atoms with van der Waals surface area (Å²) >= 11 is 0. The Kier molecular flexibility index (Phi) is 3.82. The van der Waals surface area contributed by atoms with Crippen molar-refractivity contribution in [3.63, 3.8) is 0 Å². The van der Waals surface area contributed by atoms with Crippen LogP contribution < -0.4 is 5.32 Å². The quantitative estimate of drug-likeness (QED) is 0.865. The number of esters is 1. The zero-order chi connectivity index (χ0) is 17.4. The fourth-order valence-corrected chi connectivity index (χ4v) is 3.96. The molecule has 4 rings (SSSR count). The number of aromatic nitrogens is 1. The fourth-order valence-electron chi connectivity index (χ4n) is 3.96. The van der Waals surface area contributed by atoms with E-state index in [1.54, 1.807) is 0 Å². The molecule has 1 spiro atoms. The van der Waals surface area contributed by atoms with Gasteiger partial charge in [0, 0.05) is 11.1 Å². The second-order valence-electron chi connectivity index (χ2n) is 6.84. The molecule has 1 aromatic carbocycles. The van der Waals surface area contributed by atoms with E-state index in [1.165, 1.54) is 0 Å². The van der Waals surface area contributed by atoms with Crippen LogP contribution in [0.15, 0.2) is 34.9 Å². The number of carbonyl (C=O) groups excluding carboxylic acids is 2. The number of nitrogens with zero attached hydrogens (tertiary/aromatic N) is 1. The molecule has 1 saturated heterocycles. The van der Waals surface area contributed by atoms with Crippen LogP contribution in [0.2, 0.25) is 0 Å². The van der Waals surface area contributed by atoms with Gasteiger partial charge in [-0.2, -0.15) is 0 Å². The van der Waals surface area contributed by atoms with Gasteiger partial charge in [0.05, 0.1) is 12.3 Å². The minimum atomic E-state index is -0.628. The predicted octanol–water partition coefficient (Wildman–Crippen LogP) is 3.46. The van der Waals surface area contributed by atoms with E-state index in [9.17, 15) is 9.59 Å². The molecule has 2 aromatic rings. The van der Waals surface area contributed by atoms with Gasteiger partial charge in [0.25, 0.3) is 0 Å². The van der Waals surface area contributed by atoms with Gasteiger partial charge in [-0.05, 0) is 32.6 Å². The fraction of sp³-hybridized carbons (Fsp3) is 0.421. The van der Waals surface area contributed by atoms with Gasteiger partial charge in [-0.3, -0.25) is 14.9 Å². The highest BCUT2D eigenvalue weighted by Gasteiger charge is 2.54. The van der Waals surface area contributed by atoms with Crippen molar-refractivity contribution < 1.29 is 18.8 Å². The van der Waals surface area contributed by atoms with Crippen LogP contribution in [0.25, 0.3) is 11.3 Å². The summed E-state index contributed by atoms with van der Waals surface area (Å²) in [4.78, 5) is 24.6. The Balaban J connectivity index is 1.55. The summed E-state index contributed by atoms with van der Waals surface area (Å²) < 4.78 is 10.9. The average molecular weight is 340 g/mol. The van der Waals surface area contributed by atoms with Crippen LogP contribution in [0.1, 0.15) is 37.7 Å². The lowest BCUT2D eigenvalue weighted by Gasteiger charge is -2.27. The standard InChI is InChI=1S/C19H20N2O4/c1-12-16(13-7-3-2-4-8-13)21-25-18(12)20-17(23)14-11-15(22)24-19(14)9-5-6-10-19/h2-4,7-8,14H,5-6,9-11H2,1H3,(H,20,23). The van der Waals surface area contributed by atoms with Crippen molar-refractivity contribution in [2.45, 2.75) is 44.6 Å². The highest BCUT2D eigenvalue weighted by molar-refractivity contribution is 5.97. The second-order valence-corrected chi connectivity index (χ2v) is 6.84. The van der Waals surface area contributed by atoms with Crippen LogP contribution in [-0.4, -0.2) is 22.6 Å². The summed E-state index contributed by atoms with van der Waals surface area (Å²) in [7, 11) is 0. The summed E-state index contributed by atoms with van der Waals surface area (Å²) in [5.74, 6) is -0.656. The average Bonchev–Trinajstić information content (AvgIpc) is 3.30. The molecule has 0 radical (unpaired) electrons. The van der Waals surface area contributed by atoms with Crippen LogP contribution >= 0.6 is 0 Å². The van der Waals surface area contributed by atoms with E-state index >= 15 is 0 Å². The van der Waals surface area contributed by atoms with Crippen LogP contribution in [0, 0.1) is 12.8 Å². The van der Waals surface area contributed by atoms with Gasteiger partial charge in [0.15, 0.2) is 0 Å². The Morgan fingerprint density at radius 2 is 1.96 bits per heavy atom. The zero-order valence-corrected chi connectivity index (χ0v) is 14.1. The summed E-state index contributed by atoms with van der Waals surface area (Å²) in [5.41, 5.74) is 1.77.